The molecule has 0 saturated carbocycles. The lowest BCUT2D eigenvalue weighted by Gasteiger charge is -2.25. The van der Waals surface area contributed by atoms with E-state index in [0.717, 1.165) is 5.56 Å². The predicted molar refractivity (Wildman–Crippen MR) is 108 cm³/mol. The van der Waals surface area contributed by atoms with Crippen LogP contribution < -0.4 is 4.72 Å². The van der Waals surface area contributed by atoms with E-state index in [1.807, 2.05) is 24.3 Å². The van der Waals surface area contributed by atoms with Crippen LogP contribution in [-0.2, 0) is 26.8 Å². The van der Waals surface area contributed by atoms with Crippen molar-refractivity contribution in [2.45, 2.75) is 44.0 Å². The molecule has 152 valence electrons. The van der Waals surface area contributed by atoms with Crippen molar-refractivity contribution in [2.75, 3.05) is 13.7 Å². The molecule has 0 aromatic heterocycles. The van der Waals surface area contributed by atoms with Crippen LogP contribution in [0.4, 0.5) is 4.39 Å². The van der Waals surface area contributed by atoms with Gasteiger partial charge in [-0.05, 0) is 22.6 Å². The SMILES string of the molecule is CN1OC[C@@H](S(=O)(=O)NCc2ccccc2F)[C@@H]1c1ccc(C(C)(C)C)cc1. The molecule has 0 radical (unpaired) electrons. The number of hydroxylamine groups is 2. The summed E-state index contributed by atoms with van der Waals surface area (Å²) in [7, 11) is -2.00. The first-order chi connectivity index (χ1) is 13.1. The van der Waals surface area contributed by atoms with E-state index in [0.29, 0.717) is 5.56 Å². The fourth-order valence-corrected chi connectivity index (χ4v) is 4.87. The summed E-state index contributed by atoms with van der Waals surface area (Å²) >= 11 is 0. The lowest BCUT2D eigenvalue weighted by Crippen LogP contribution is -2.39. The van der Waals surface area contributed by atoms with Crippen LogP contribution in [0.15, 0.2) is 48.5 Å². The Hall–Kier alpha value is -1.80. The number of halogens is 1. The quantitative estimate of drug-likeness (QED) is 0.825. The third-order valence-corrected chi connectivity index (χ3v) is 6.86. The number of sulfonamides is 1. The Morgan fingerprint density at radius 1 is 1.14 bits per heavy atom. The van der Waals surface area contributed by atoms with E-state index in [1.54, 1.807) is 30.3 Å². The summed E-state index contributed by atoms with van der Waals surface area (Å²) in [6.45, 7) is 6.35. The Bertz CT molecular complexity index is 923. The van der Waals surface area contributed by atoms with Gasteiger partial charge >= 0.3 is 0 Å². The van der Waals surface area contributed by atoms with Crippen molar-refractivity contribution < 1.29 is 17.6 Å². The van der Waals surface area contributed by atoms with E-state index in [1.165, 1.54) is 11.6 Å². The Labute approximate surface area is 166 Å². The maximum Gasteiger partial charge on any atom is 0.219 e. The van der Waals surface area contributed by atoms with Crippen molar-refractivity contribution in [3.8, 4) is 0 Å². The molecule has 1 aliphatic rings. The molecule has 1 aliphatic heterocycles. The molecule has 2 atom stereocenters. The van der Waals surface area contributed by atoms with Gasteiger partial charge in [-0.1, -0.05) is 63.2 Å². The molecule has 2 aromatic carbocycles. The highest BCUT2D eigenvalue weighted by atomic mass is 32.2. The minimum absolute atomic E-state index is 0.0173. The molecule has 7 heteroatoms. The molecule has 1 saturated heterocycles. The van der Waals surface area contributed by atoms with E-state index < -0.39 is 27.1 Å². The van der Waals surface area contributed by atoms with Crippen molar-refractivity contribution in [2.24, 2.45) is 0 Å². The number of rotatable bonds is 5. The zero-order valence-electron chi connectivity index (χ0n) is 16.6. The summed E-state index contributed by atoms with van der Waals surface area (Å²) in [5, 5.41) is 0.795. The first-order valence-electron chi connectivity index (χ1n) is 9.27. The first-order valence-corrected chi connectivity index (χ1v) is 10.8. The fourth-order valence-electron chi connectivity index (χ4n) is 3.39. The topological polar surface area (TPSA) is 58.6 Å². The molecule has 0 unspecified atom stereocenters. The normalized spacial score (nSPS) is 21.2. The van der Waals surface area contributed by atoms with Gasteiger partial charge in [0.05, 0.1) is 12.6 Å². The molecule has 1 fully saturated rings. The van der Waals surface area contributed by atoms with Crippen LogP contribution in [0.2, 0.25) is 0 Å². The van der Waals surface area contributed by atoms with Gasteiger partial charge in [0.1, 0.15) is 11.1 Å². The van der Waals surface area contributed by atoms with Gasteiger partial charge in [-0.3, -0.25) is 4.84 Å². The van der Waals surface area contributed by atoms with Crippen molar-refractivity contribution in [1.29, 1.82) is 0 Å². The number of nitrogens with one attached hydrogen (secondary N) is 1. The van der Waals surface area contributed by atoms with Crippen LogP contribution in [0, 0.1) is 5.82 Å². The molecule has 1 N–H and O–H groups in total. The summed E-state index contributed by atoms with van der Waals surface area (Å²) in [6.07, 6.45) is 0. The van der Waals surface area contributed by atoms with Gasteiger partial charge in [-0.25, -0.2) is 17.5 Å². The highest BCUT2D eigenvalue weighted by Gasteiger charge is 2.43. The van der Waals surface area contributed by atoms with Crippen molar-refractivity contribution >= 4 is 10.0 Å². The van der Waals surface area contributed by atoms with Crippen molar-refractivity contribution in [3.63, 3.8) is 0 Å². The molecular weight excluding hydrogens is 379 g/mol. The standard InChI is InChI=1S/C21H27FN2O3S/c1-21(2,3)17-11-9-15(10-12-17)20-19(14-27-24(20)4)28(25,26)23-13-16-7-5-6-8-18(16)22/h5-12,19-20,23H,13-14H2,1-4H3/t19-,20+/m1/s1. The third kappa shape index (κ3) is 4.43. The predicted octanol–water partition coefficient (Wildman–Crippen LogP) is 3.53. The Morgan fingerprint density at radius 3 is 2.39 bits per heavy atom. The van der Waals surface area contributed by atoms with E-state index in [2.05, 4.69) is 25.5 Å². The maximum atomic E-state index is 13.8. The maximum absolute atomic E-state index is 13.8. The highest BCUT2D eigenvalue weighted by molar-refractivity contribution is 7.90. The van der Waals surface area contributed by atoms with Gasteiger partial charge in [0, 0.05) is 19.2 Å². The van der Waals surface area contributed by atoms with E-state index in [-0.39, 0.29) is 18.6 Å². The number of hydrogen-bond acceptors (Lipinski definition) is 4. The summed E-state index contributed by atoms with van der Waals surface area (Å²) in [4.78, 5) is 5.53. The smallest absolute Gasteiger partial charge is 0.219 e. The van der Waals surface area contributed by atoms with Gasteiger partial charge in [-0.2, -0.15) is 5.06 Å². The number of hydrogen-bond donors (Lipinski definition) is 1. The van der Waals surface area contributed by atoms with Crippen LogP contribution in [-0.4, -0.2) is 32.4 Å². The Balaban J connectivity index is 1.81. The minimum atomic E-state index is -3.73. The van der Waals surface area contributed by atoms with Crippen LogP contribution in [0.1, 0.15) is 43.5 Å². The average Bonchev–Trinajstić information content (AvgIpc) is 3.03. The minimum Gasteiger partial charge on any atom is -0.297 e. The Morgan fingerprint density at radius 2 is 1.79 bits per heavy atom. The lowest BCUT2D eigenvalue weighted by molar-refractivity contribution is -0.110. The van der Waals surface area contributed by atoms with Gasteiger partial charge in [0.15, 0.2) is 0 Å². The van der Waals surface area contributed by atoms with Crippen molar-refractivity contribution in [3.05, 3.63) is 71.0 Å². The van der Waals surface area contributed by atoms with Gasteiger partial charge in [-0.15, -0.1) is 0 Å². The summed E-state index contributed by atoms with van der Waals surface area (Å²) in [5.74, 6) is -0.431. The molecule has 0 aliphatic carbocycles. The number of benzene rings is 2. The Kier molecular flexibility index (Phi) is 5.91. The summed E-state index contributed by atoms with van der Waals surface area (Å²) in [5.41, 5.74) is 2.37. The van der Waals surface area contributed by atoms with Crippen LogP contribution in [0.3, 0.4) is 0 Å². The van der Waals surface area contributed by atoms with Gasteiger partial charge in [0.25, 0.3) is 0 Å². The summed E-state index contributed by atoms with van der Waals surface area (Å²) < 4.78 is 42.2. The summed E-state index contributed by atoms with van der Waals surface area (Å²) in [6, 6.07) is 13.7. The fraction of sp³-hybridized carbons (Fsp3) is 0.429. The molecular formula is C21H27FN2O3S. The molecule has 5 nitrogen and oxygen atoms in total. The van der Waals surface area contributed by atoms with Crippen LogP contribution >= 0.6 is 0 Å². The molecule has 28 heavy (non-hydrogen) atoms. The lowest BCUT2D eigenvalue weighted by atomic mass is 9.86. The molecule has 0 spiro atoms. The number of nitrogens with zero attached hydrogens (tertiary/aromatic N) is 1. The second-order valence-corrected chi connectivity index (χ2v) is 10.1. The van der Waals surface area contributed by atoms with Gasteiger partial charge < -0.3 is 0 Å². The molecule has 0 bridgehead atoms. The van der Waals surface area contributed by atoms with Crippen molar-refractivity contribution in [1.82, 2.24) is 9.79 Å². The third-order valence-electron chi connectivity index (χ3n) is 5.12. The average molecular weight is 407 g/mol. The van der Waals surface area contributed by atoms with E-state index in [4.69, 9.17) is 4.84 Å². The highest BCUT2D eigenvalue weighted by Crippen LogP contribution is 2.34. The first kappa shape index (κ1) is 20.9. The zero-order chi connectivity index (χ0) is 20.5. The van der Waals surface area contributed by atoms with Crippen LogP contribution in [0.25, 0.3) is 0 Å². The monoisotopic (exact) mass is 406 g/mol. The van der Waals surface area contributed by atoms with Gasteiger partial charge in [0.2, 0.25) is 10.0 Å². The zero-order valence-corrected chi connectivity index (χ0v) is 17.5. The van der Waals surface area contributed by atoms with E-state index >= 15 is 0 Å². The molecule has 3 rings (SSSR count). The van der Waals surface area contributed by atoms with Crippen LogP contribution in [0.5, 0.6) is 0 Å². The van der Waals surface area contributed by atoms with E-state index in [9.17, 15) is 12.8 Å². The molecule has 2 aromatic rings. The molecule has 0 amide bonds. The second-order valence-electron chi connectivity index (χ2n) is 8.15. The molecule has 1 heterocycles. The largest absolute Gasteiger partial charge is 0.297 e. The second kappa shape index (κ2) is 7.91.